The molecule has 0 aromatic heterocycles. The Kier molecular flexibility index (Phi) is 2.56. The van der Waals surface area contributed by atoms with Crippen molar-refractivity contribution in [3.05, 3.63) is 23.5 Å². The highest BCUT2D eigenvalue weighted by atomic mass is 32.1. The lowest BCUT2D eigenvalue weighted by Crippen LogP contribution is -1.90. The van der Waals surface area contributed by atoms with Gasteiger partial charge in [0.1, 0.15) is 0 Å². The minimum Gasteiger partial charge on any atom is -0.494 e. The Morgan fingerprint density at radius 1 is 1.58 bits per heavy atom. The second-order valence-corrected chi connectivity index (χ2v) is 2.61. The lowest BCUT2D eigenvalue weighted by molar-refractivity contribution is 0.381. The first-order chi connectivity index (χ1) is 5.69. The van der Waals surface area contributed by atoms with Crippen LogP contribution in [0.4, 0.5) is 4.39 Å². The fourth-order valence-corrected chi connectivity index (χ4v) is 1.05. The van der Waals surface area contributed by atoms with Gasteiger partial charge in [0.05, 0.1) is 18.7 Å². The van der Waals surface area contributed by atoms with E-state index in [9.17, 15) is 4.39 Å². The van der Waals surface area contributed by atoms with Crippen molar-refractivity contribution in [1.29, 1.82) is 5.26 Å². The Labute approximate surface area is 75.0 Å². The van der Waals surface area contributed by atoms with Gasteiger partial charge < -0.3 is 4.74 Å². The molecule has 1 rings (SSSR count). The Bertz CT molecular complexity index is 346. The molecule has 0 fully saturated rings. The first-order valence-electron chi connectivity index (χ1n) is 3.15. The summed E-state index contributed by atoms with van der Waals surface area (Å²) in [5.74, 6) is -0.501. The van der Waals surface area contributed by atoms with E-state index in [1.807, 2.05) is 6.07 Å². The minimum atomic E-state index is -0.542. The molecule has 0 amide bonds. The molecule has 4 heteroatoms. The van der Waals surface area contributed by atoms with Gasteiger partial charge in [-0.05, 0) is 6.07 Å². The highest BCUT2D eigenvalue weighted by Crippen LogP contribution is 2.24. The number of thiol groups is 1. The maximum Gasteiger partial charge on any atom is 0.178 e. The van der Waals surface area contributed by atoms with Gasteiger partial charge >= 0.3 is 0 Å². The molecule has 1 aromatic carbocycles. The van der Waals surface area contributed by atoms with E-state index in [2.05, 4.69) is 12.6 Å². The van der Waals surface area contributed by atoms with Gasteiger partial charge in [-0.2, -0.15) is 5.26 Å². The van der Waals surface area contributed by atoms with Crippen LogP contribution >= 0.6 is 12.6 Å². The second-order valence-electron chi connectivity index (χ2n) is 2.12. The molecule has 0 heterocycles. The number of rotatable bonds is 1. The SMILES string of the molecule is COc1cc(C#N)cc(S)c1F. The van der Waals surface area contributed by atoms with Crippen LogP contribution in [0, 0.1) is 17.1 Å². The summed E-state index contributed by atoms with van der Waals surface area (Å²) in [6.45, 7) is 0. The van der Waals surface area contributed by atoms with E-state index >= 15 is 0 Å². The fraction of sp³-hybridized carbons (Fsp3) is 0.125. The van der Waals surface area contributed by atoms with Gasteiger partial charge in [-0.25, -0.2) is 4.39 Å². The van der Waals surface area contributed by atoms with Crippen molar-refractivity contribution in [3.8, 4) is 11.8 Å². The van der Waals surface area contributed by atoms with E-state index < -0.39 is 5.82 Å². The minimum absolute atomic E-state index is 0.0408. The van der Waals surface area contributed by atoms with Gasteiger partial charge in [-0.3, -0.25) is 0 Å². The molecule has 0 aliphatic carbocycles. The molecule has 2 nitrogen and oxygen atoms in total. The number of nitriles is 1. The van der Waals surface area contributed by atoms with Crippen LogP contribution in [0.3, 0.4) is 0 Å². The molecular weight excluding hydrogens is 177 g/mol. The number of halogens is 1. The van der Waals surface area contributed by atoms with Crippen LogP contribution < -0.4 is 4.74 Å². The number of hydrogen-bond acceptors (Lipinski definition) is 3. The molecule has 0 unspecified atom stereocenters. The van der Waals surface area contributed by atoms with Gasteiger partial charge in [0.2, 0.25) is 0 Å². The summed E-state index contributed by atoms with van der Waals surface area (Å²) < 4.78 is 17.7. The smallest absolute Gasteiger partial charge is 0.178 e. The van der Waals surface area contributed by atoms with E-state index in [1.165, 1.54) is 19.2 Å². The molecule has 0 saturated heterocycles. The number of hydrogen-bond donors (Lipinski definition) is 1. The lowest BCUT2D eigenvalue weighted by Gasteiger charge is -2.03. The van der Waals surface area contributed by atoms with Crippen LogP contribution in [-0.2, 0) is 0 Å². The van der Waals surface area contributed by atoms with Crippen LogP contribution in [0.1, 0.15) is 5.56 Å². The van der Waals surface area contributed by atoms with Crippen molar-refractivity contribution in [1.82, 2.24) is 0 Å². The molecule has 0 bridgehead atoms. The average molecular weight is 183 g/mol. The summed E-state index contributed by atoms with van der Waals surface area (Å²) in [6.07, 6.45) is 0. The molecule has 0 aliphatic rings. The monoisotopic (exact) mass is 183 g/mol. The van der Waals surface area contributed by atoms with E-state index in [4.69, 9.17) is 10.00 Å². The summed E-state index contributed by atoms with van der Waals surface area (Å²) in [5.41, 5.74) is 0.332. The topological polar surface area (TPSA) is 33.0 Å². The predicted molar refractivity (Wildman–Crippen MR) is 44.9 cm³/mol. The van der Waals surface area contributed by atoms with Crippen molar-refractivity contribution in [3.63, 3.8) is 0 Å². The molecule has 12 heavy (non-hydrogen) atoms. The van der Waals surface area contributed by atoms with E-state index in [-0.39, 0.29) is 10.6 Å². The van der Waals surface area contributed by atoms with Crippen molar-refractivity contribution in [2.24, 2.45) is 0 Å². The zero-order valence-corrected chi connectivity index (χ0v) is 7.23. The molecule has 0 radical (unpaired) electrons. The number of ether oxygens (including phenoxy) is 1. The molecule has 0 aliphatic heterocycles. The molecule has 0 N–H and O–H groups in total. The first-order valence-corrected chi connectivity index (χ1v) is 3.60. The van der Waals surface area contributed by atoms with Crippen LogP contribution in [0.2, 0.25) is 0 Å². The van der Waals surface area contributed by atoms with Gasteiger partial charge in [0, 0.05) is 11.0 Å². The molecule has 0 spiro atoms. The maximum absolute atomic E-state index is 13.0. The van der Waals surface area contributed by atoms with E-state index in [1.54, 1.807) is 0 Å². The van der Waals surface area contributed by atoms with Crippen LogP contribution in [0.5, 0.6) is 5.75 Å². The van der Waals surface area contributed by atoms with Gasteiger partial charge in [-0.1, -0.05) is 0 Å². The number of benzene rings is 1. The molecule has 0 atom stereocenters. The molecule has 0 saturated carbocycles. The van der Waals surface area contributed by atoms with Gasteiger partial charge in [-0.15, -0.1) is 12.6 Å². The second kappa shape index (κ2) is 3.46. The normalized spacial score (nSPS) is 9.17. The van der Waals surface area contributed by atoms with Crippen LogP contribution in [-0.4, -0.2) is 7.11 Å². The fourth-order valence-electron chi connectivity index (χ4n) is 0.796. The van der Waals surface area contributed by atoms with Crippen molar-refractivity contribution >= 4 is 12.6 Å². The molecule has 1 aromatic rings. The van der Waals surface area contributed by atoms with Crippen molar-refractivity contribution < 1.29 is 9.13 Å². The van der Waals surface area contributed by atoms with Crippen molar-refractivity contribution in [2.45, 2.75) is 4.90 Å². The van der Waals surface area contributed by atoms with E-state index in [0.717, 1.165) is 0 Å². The van der Waals surface area contributed by atoms with Crippen LogP contribution in [0.25, 0.3) is 0 Å². The van der Waals surface area contributed by atoms with Gasteiger partial charge in [0.15, 0.2) is 11.6 Å². The maximum atomic E-state index is 13.0. The summed E-state index contributed by atoms with van der Waals surface area (Å²) in [4.78, 5) is 0.117. The average Bonchev–Trinajstić information content (AvgIpc) is 2.09. The van der Waals surface area contributed by atoms with E-state index in [0.29, 0.717) is 5.56 Å². The summed E-state index contributed by atoms with van der Waals surface area (Å²) >= 11 is 3.84. The van der Waals surface area contributed by atoms with Gasteiger partial charge in [0.25, 0.3) is 0 Å². The highest BCUT2D eigenvalue weighted by Gasteiger charge is 2.07. The first kappa shape index (κ1) is 8.88. The Morgan fingerprint density at radius 2 is 2.25 bits per heavy atom. The standard InChI is InChI=1S/C8H6FNOS/c1-11-6-2-5(4-10)3-7(12)8(6)9/h2-3,12H,1H3. The Hall–Kier alpha value is -1.21. The number of nitrogens with zero attached hydrogens (tertiary/aromatic N) is 1. The lowest BCUT2D eigenvalue weighted by atomic mass is 10.2. The largest absolute Gasteiger partial charge is 0.494 e. The Morgan fingerprint density at radius 3 is 2.75 bits per heavy atom. The summed E-state index contributed by atoms with van der Waals surface area (Å²) in [5, 5.41) is 8.51. The third-order valence-corrected chi connectivity index (χ3v) is 1.69. The highest BCUT2D eigenvalue weighted by molar-refractivity contribution is 7.80. The predicted octanol–water partition coefficient (Wildman–Crippen LogP) is 1.99. The Balaban J connectivity index is 3.31. The summed E-state index contributed by atoms with van der Waals surface area (Å²) in [6, 6.07) is 4.55. The third kappa shape index (κ3) is 1.51. The zero-order chi connectivity index (χ0) is 9.14. The third-order valence-electron chi connectivity index (χ3n) is 1.37. The molecule has 62 valence electrons. The quantitative estimate of drug-likeness (QED) is 0.675. The van der Waals surface area contributed by atoms with Crippen molar-refractivity contribution in [2.75, 3.05) is 7.11 Å². The number of methoxy groups -OCH3 is 1. The molecular formula is C8H6FNOS. The summed E-state index contributed by atoms with van der Waals surface area (Å²) in [7, 11) is 1.34. The van der Waals surface area contributed by atoms with Crippen LogP contribution in [0.15, 0.2) is 17.0 Å². The zero-order valence-electron chi connectivity index (χ0n) is 6.34.